The molecule has 2 bridgehead atoms. The fourth-order valence-corrected chi connectivity index (χ4v) is 5.55. The molecule has 0 saturated carbocycles. The predicted octanol–water partition coefficient (Wildman–Crippen LogP) is 3.36. The lowest BCUT2D eigenvalue weighted by molar-refractivity contribution is -0.137. The van der Waals surface area contributed by atoms with Gasteiger partial charge in [0.25, 0.3) is 0 Å². The first-order valence-electron chi connectivity index (χ1n) is 7.33. The molecule has 3 heterocycles. The van der Waals surface area contributed by atoms with Crippen molar-refractivity contribution in [2.24, 2.45) is 5.92 Å². The Morgan fingerprint density at radius 1 is 1.18 bits per heavy atom. The van der Waals surface area contributed by atoms with Crippen LogP contribution in [0.15, 0.2) is 18.3 Å². The second-order valence-corrected chi connectivity index (χ2v) is 7.96. The third kappa shape index (κ3) is 2.95. The normalized spacial score (nSPS) is 31.8. The Hall–Kier alpha value is -1.24. The summed E-state index contributed by atoms with van der Waals surface area (Å²) in [5, 5.41) is 0.104. The van der Waals surface area contributed by atoms with Crippen molar-refractivity contribution < 1.29 is 22.2 Å². The first-order chi connectivity index (χ1) is 10.4. The second kappa shape index (κ2) is 5.76. The average molecular weight is 331 g/mol. The number of aromatic nitrogens is 1. The maximum absolute atomic E-state index is 12.5. The summed E-state index contributed by atoms with van der Waals surface area (Å²) in [5.41, 5.74) is -0.783. The van der Waals surface area contributed by atoms with E-state index >= 15 is 0 Å². The Kier molecular flexibility index (Phi) is 4.09. The third-order valence-electron chi connectivity index (χ3n) is 4.52. The minimum absolute atomic E-state index is 0.0518. The maximum atomic E-state index is 12.5. The van der Waals surface area contributed by atoms with Crippen molar-refractivity contribution in [1.29, 1.82) is 0 Å². The SMILES string of the molecule is O=C(c1ccc(C(F)(F)F)cn1)C1CC2CCCC(C1)S2=O. The lowest BCUT2D eigenvalue weighted by Crippen LogP contribution is -2.41. The average Bonchev–Trinajstić information content (AvgIpc) is 2.45. The highest BCUT2D eigenvalue weighted by atomic mass is 32.2. The molecule has 2 unspecified atom stereocenters. The zero-order valence-electron chi connectivity index (χ0n) is 11.8. The number of fused-ring (bicyclic) bond motifs is 2. The van der Waals surface area contributed by atoms with E-state index in [9.17, 15) is 22.2 Å². The summed E-state index contributed by atoms with van der Waals surface area (Å²) in [6, 6.07) is 2.04. The zero-order valence-corrected chi connectivity index (χ0v) is 12.6. The van der Waals surface area contributed by atoms with Crippen molar-refractivity contribution in [3.05, 3.63) is 29.6 Å². The minimum Gasteiger partial charge on any atom is -0.292 e. The van der Waals surface area contributed by atoms with Crippen molar-refractivity contribution >= 4 is 16.6 Å². The molecule has 120 valence electrons. The molecule has 3 nitrogen and oxygen atoms in total. The molecular weight excluding hydrogens is 315 g/mol. The van der Waals surface area contributed by atoms with Crippen LogP contribution in [-0.2, 0) is 17.0 Å². The Bertz CT molecular complexity index is 584. The van der Waals surface area contributed by atoms with Gasteiger partial charge in [0.05, 0.1) is 5.56 Å². The molecule has 7 heteroatoms. The molecule has 0 aromatic carbocycles. The molecule has 22 heavy (non-hydrogen) atoms. The number of hydrogen-bond acceptors (Lipinski definition) is 3. The van der Waals surface area contributed by atoms with Crippen LogP contribution in [0, 0.1) is 5.92 Å². The highest BCUT2D eigenvalue weighted by Gasteiger charge is 2.41. The van der Waals surface area contributed by atoms with Gasteiger partial charge in [0.1, 0.15) is 5.69 Å². The fraction of sp³-hybridized carbons (Fsp3) is 0.600. The molecule has 0 amide bonds. The first kappa shape index (κ1) is 15.6. The van der Waals surface area contributed by atoms with Gasteiger partial charge in [-0.2, -0.15) is 13.2 Å². The molecule has 3 rings (SSSR count). The molecule has 2 aliphatic heterocycles. The molecule has 2 atom stereocenters. The van der Waals surface area contributed by atoms with E-state index in [1.54, 1.807) is 0 Å². The van der Waals surface area contributed by atoms with E-state index in [-0.39, 0.29) is 27.9 Å². The maximum Gasteiger partial charge on any atom is 0.417 e. The summed E-state index contributed by atoms with van der Waals surface area (Å²) < 4.78 is 49.7. The largest absolute Gasteiger partial charge is 0.417 e. The van der Waals surface area contributed by atoms with Crippen LogP contribution in [-0.4, -0.2) is 25.5 Å². The molecule has 0 aliphatic carbocycles. The van der Waals surface area contributed by atoms with Crippen LogP contribution in [0.3, 0.4) is 0 Å². The standard InChI is InChI=1S/C15H16F3NO2S/c16-15(17,18)10-4-5-13(19-8-10)14(20)9-6-11-2-1-3-12(7-9)22(11)21/h4-5,8-9,11-12H,1-3,6-7H2. The van der Waals surface area contributed by atoms with Gasteiger partial charge in [0.2, 0.25) is 0 Å². The lowest BCUT2D eigenvalue weighted by atomic mass is 9.85. The Labute approximate surface area is 128 Å². The van der Waals surface area contributed by atoms with E-state index in [0.717, 1.165) is 31.4 Å². The first-order valence-corrected chi connectivity index (χ1v) is 8.60. The summed E-state index contributed by atoms with van der Waals surface area (Å²) >= 11 is 0. The van der Waals surface area contributed by atoms with E-state index in [1.165, 1.54) is 0 Å². The topological polar surface area (TPSA) is 47.0 Å². The molecule has 1 aromatic heterocycles. The summed E-state index contributed by atoms with van der Waals surface area (Å²) in [6.07, 6.45) is 0.152. The number of carbonyl (C=O) groups excluding carboxylic acids is 1. The van der Waals surface area contributed by atoms with Crippen LogP contribution in [0.5, 0.6) is 0 Å². The van der Waals surface area contributed by atoms with Gasteiger partial charge in [0.15, 0.2) is 5.78 Å². The summed E-state index contributed by atoms with van der Waals surface area (Å²) in [6.45, 7) is 0. The van der Waals surface area contributed by atoms with E-state index in [0.29, 0.717) is 19.0 Å². The van der Waals surface area contributed by atoms with E-state index in [4.69, 9.17) is 0 Å². The Morgan fingerprint density at radius 2 is 1.82 bits per heavy atom. The molecule has 0 radical (unpaired) electrons. The molecule has 1 aromatic rings. The molecule has 0 spiro atoms. The summed E-state index contributed by atoms with van der Waals surface area (Å²) in [5.74, 6) is -0.487. The van der Waals surface area contributed by atoms with Crippen molar-refractivity contribution in [3.63, 3.8) is 0 Å². The highest BCUT2D eigenvalue weighted by Crippen LogP contribution is 2.38. The number of ketones is 1. The Morgan fingerprint density at radius 3 is 2.32 bits per heavy atom. The number of carbonyl (C=O) groups is 1. The van der Waals surface area contributed by atoms with Gasteiger partial charge >= 0.3 is 6.18 Å². The number of Topliss-reactive ketones (excluding diaryl/α,β-unsaturated/α-hetero) is 1. The number of alkyl halides is 3. The third-order valence-corrected chi connectivity index (χ3v) is 6.69. The summed E-state index contributed by atoms with van der Waals surface area (Å²) in [4.78, 5) is 16.1. The van der Waals surface area contributed by atoms with Gasteiger partial charge < -0.3 is 0 Å². The summed E-state index contributed by atoms with van der Waals surface area (Å²) in [7, 11) is -0.866. The van der Waals surface area contributed by atoms with E-state index < -0.39 is 22.5 Å². The van der Waals surface area contributed by atoms with Gasteiger partial charge in [-0.05, 0) is 37.8 Å². The van der Waals surface area contributed by atoms with Crippen LogP contribution in [0.1, 0.15) is 48.2 Å². The monoisotopic (exact) mass is 331 g/mol. The number of pyridine rings is 1. The van der Waals surface area contributed by atoms with Crippen LogP contribution in [0.4, 0.5) is 13.2 Å². The van der Waals surface area contributed by atoms with Crippen molar-refractivity contribution in [2.75, 3.05) is 0 Å². The highest BCUT2D eigenvalue weighted by molar-refractivity contribution is 7.86. The van der Waals surface area contributed by atoms with Gasteiger partial charge in [-0.25, -0.2) is 0 Å². The lowest BCUT2D eigenvalue weighted by Gasteiger charge is -2.37. The predicted molar refractivity (Wildman–Crippen MR) is 75.9 cm³/mol. The van der Waals surface area contributed by atoms with Gasteiger partial charge in [-0.15, -0.1) is 0 Å². The van der Waals surface area contributed by atoms with E-state index in [1.807, 2.05) is 0 Å². The Balaban J connectivity index is 1.75. The second-order valence-electron chi connectivity index (χ2n) is 5.97. The van der Waals surface area contributed by atoms with Gasteiger partial charge in [-0.1, -0.05) is 6.42 Å². The number of halogens is 3. The van der Waals surface area contributed by atoms with Crippen molar-refractivity contribution in [3.8, 4) is 0 Å². The molecule has 2 saturated heterocycles. The number of hydrogen-bond donors (Lipinski definition) is 0. The minimum atomic E-state index is -4.45. The smallest absolute Gasteiger partial charge is 0.292 e. The van der Waals surface area contributed by atoms with Crippen molar-refractivity contribution in [1.82, 2.24) is 4.98 Å². The fourth-order valence-electron chi connectivity index (χ4n) is 3.36. The zero-order chi connectivity index (χ0) is 15.9. The van der Waals surface area contributed by atoms with Crippen LogP contribution < -0.4 is 0 Å². The molecule has 2 aliphatic rings. The molecule has 0 N–H and O–H groups in total. The molecular formula is C15H16F3NO2S. The van der Waals surface area contributed by atoms with Crippen LogP contribution >= 0.6 is 0 Å². The van der Waals surface area contributed by atoms with Crippen LogP contribution in [0.2, 0.25) is 0 Å². The number of nitrogens with zero attached hydrogens (tertiary/aromatic N) is 1. The van der Waals surface area contributed by atoms with Crippen LogP contribution in [0.25, 0.3) is 0 Å². The quantitative estimate of drug-likeness (QED) is 0.781. The van der Waals surface area contributed by atoms with E-state index in [2.05, 4.69) is 4.98 Å². The van der Waals surface area contributed by atoms with Crippen molar-refractivity contribution in [2.45, 2.75) is 48.8 Å². The van der Waals surface area contributed by atoms with Gasteiger partial charge in [-0.3, -0.25) is 14.0 Å². The van der Waals surface area contributed by atoms with Gasteiger partial charge in [0, 0.05) is 33.4 Å². The molecule has 2 fully saturated rings. The number of rotatable bonds is 2.